The molecule has 0 aliphatic rings. The van der Waals surface area contributed by atoms with Crippen molar-refractivity contribution in [3.63, 3.8) is 0 Å². The minimum absolute atomic E-state index is 0.217. The third kappa shape index (κ3) is 4.90. The molecule has 0 atom stereocenters. The minimum Gasteiger partial charge on any atom is -0.492 e. The number of hydrogen-bond acceptors (Lipinski definition) is 3. The van der Waals surface area contributed by atoms with E-state index in [0.29, 0.717) is 12.2 Å². The molecule has 4 heteroatoms. The summed E-state index contributed by atoms with van der Waals surface area (Å²) in [4.78, 5) is 2.11. The molecule has 0 aromatic heterocycles. The van der Waals surface area contributed by atoms with Crippen LogP contribution in [0, 0.1) is 17.1 Å². The third-order valence-corrected chi connectivity index (χ3v) is 3.09. The molecule has 0 aliphatic carbocycles. The van der Waals surface area contributed by atoms with Gasteiger partial charge >= 0.3 is 0 Å². The lowest BCUT2D eigenvalue weighted by Gasteiger charge is -2.17. The molecule has 2 aromatic rings. The van der Waals surface area contributed by atoms with Gasteiger partial charge in [0.05, 0.1) is 11.6 Å². The van der Waals surface area contributed by atoms with Gasteiger partial charge in [-0.15, -0.1) is 0 Å². The van der Waals surface area contributed by atoms with Crippen LogP contribution in [0.4, 0.5) is 4.39 Å². The molecule has 108 valence electrons. The van der Waals surface area contributed by atoms with Gasteiger partial charge in [0.2, 0.25) is 0 Å². The SMILES string of the molecule is CN(CCOc1ccc(C#N)cc1)Cc1ccc(F)cc1. The standard InChI is InChI=1S/C17H17FN2O/c1-20(13-15-2-6-16(18)7-3-15)10-11-21-17-8-4-14(12-19)5-9-17/h2-9H,10-11,13H2,1H3. The van der Waals surface area contributed by atoms with Gasteiger partial charge < -0.3 is 4.74 Å². The van der Waals surface area contributed by atoms with Crippen LogP contribution in [0.1, 0.15) is 11.1 Å². The third-order valence-electron chi connectivity index (χ3n) is 3.09. The van der Waals surface area contributed by atoms with E-state index in [4.69, 9.17) is 10.00 Å². The number of hydrogen-bond donors (Lipinski definition) is 0. The molecule has 21 heavy (non-hydrogen) atoms. The number of halogens is 1. The maximum Gasteiger partial charge on any atom is 0.123 e. The Morgan fingerprint density at radius 3 is 2.38 bits per heavy atom. The number of nitrogens with zero attached hydrogens (tertiary/aromatic N) is 2. The Labute approximate surface area is 124 Å². The Morgan fingerprint density at radius 1 is 1.10 bits per heavy atom. The lowest BCUT2D eigenvalue weighted by atomic mass is 10.2. The zero-order chi connectivity index (χ0) is 15.1. The Balaban J connectivity index is 1.74. The van der Waals surface area contributed by atoms with Crippen LogP contribution in [-0.4, -0.2) is 25.1 Å². The highest BCUT2D eigenvalue weighted by atomic mass is 19.1. The summed E-state index contributed by atoms with van der Waals surface area (Å²) in [5.74, 6) is 0.537. The van der Waals surface area contributed by atoms with Crippen molar-refractivity contribution >= 4 is 0 Å². The van der Waals surface area contributed by atoms with Gasteiger partial charge in [-0.05, 0) is 49.0 Å². The van der Waals surface area contributed by atoms with Crippen LogP contribution in [0.3, 0.4) is 0 Å². The smallest absolute Gasteiger partial charge is 0.123 e. The van der Waals surface area contributed by atoms with Crippen LogP contribution in [0.25, 0.3) is 0 Å². The first kappa shape index (κ1) is 15.0. The zero-order valence-electron chi connectivity index (χ0n) is 11.9. The van der Waals surface area contributed by atoms with Crippen LogP contribution < -0.4 is 4.74 Å². The maximum absolute atomic E-state index is 12.8. The zero-order valence-corrected chi connectivity index (χ0v) is 11.9. The fraction of sp³-hybridized carbons (Fsp3) is 0.235. The van der Waals surface area contributed by atoms with Gasteiger partial charge in [-0.2, -0.15) is 5.26 Å². The molecular weight excluding hydrogens is 267 g/mol. The van der Waals surface area contributed by atoms with Gasteiger partial charge in [0.25, 0.3) is 0 Å². The van der Waals surface area contributed by atoms with Crippen molar-refractivity contribution in [2.75, 3.05) is 20.2 Å². The van der Waals surface area contributed by atoms with Crippen molar-refractivity contribution in [2.24, 2.45) is 0 Å². The van der Waals surface area contributed by atoms with Crippen molar-refractivity contribution in [2.45, 2.75) is 6.54 Å². The first-order valence-electron chi connectivity index (χ1n) is 6.73. The summed E-state index contributed by atoms with van der Waals surface area (Å²) >= 11 is 0. The van der Waals surface area contributed by atoms with E-state index >= 15 is 0 Å². The molecule has 0 unspecified atom stereocenters. The monoisotopic (exact) mass is 284 g/mol. The summed E-state index contributed by atoms with van der Waals surface area (Å²) < 4.78 is 18.4. The average Bonchev–Trinajstić information content (AvgIpc) is 2.50. The Morgan fingerprint density at radius 2 is 1.76 bits per heavy atom. The minimum atomic E-state index is -0.217. The predicted octanol–water partition coefficient (Wildman–Crippen LogP) is 3.21. The summed E-state index contributed by atoms with van der Waals surface area (Å²) in [6, 6.07) is 15.6. The van der Waals surface area contributed by atoms with E-state index in [1.54, 1.807) is 36.4 Å². The molecule has 2 aromatic carbocycles. The molecule has 0 bridgehead atoms. The molecule has 0 spiro atoms. The van der Waals surface area contributed by atoms with Crippen LogP contribution in [-0.2, 0) is 6.54 Å². The van der Waals surface area contributed by atoms with Crippen molar-refractivity contribution in [1.29, 1.82) is 5.26 Å². The van der Waals surface area contributed by atoms with Gasteiger partial charge in [-0.1, -0.05) is 12.1 Å². The normalized spacial score (nSPS) is 10.4. The van der Waals surface area contributed by atoms with Gasteiger partial charge in [0.1, 0.15) is 18.2 Å². The number of benzene rings is 2. The predicted molar refractivity (Wildman–Crippen MR) is 79.4 cm³/mol. The quantitative estimate of drug-likeness (QED) is 0.817. The molecule has 0 N–H and O–H groups in total. The van der Waals surface area contributed by atoms with E-state index in [2.05, 4.69) is 11.0 Å². The van der Waals surface area contributed by atoms with Crippen molar-refractivity contribution in [1.82, 2.24) is 4.90 Å². The lowest BCUT2D eigenvalue weighted by molar-refractivity contribution is 0.233. The second-order valence-electron chi connectivity index (χ2n) is 4.85. The average molecular weight is 284 g/mol. The van der Waals surface area contributed by atoms with Gasteiger partial charge in [-0.3, -0.25) is 4.90 Å². The largest absolute Gasteiger partial charge is 0.492 e. The molecule has 0 fully saturated rings. The second-order valence-corrected chi connectivity index (χ2v) is 4.85. The van der Waals surface area contributed by atoms with Crippen LogP contribution >= 0.6 is 0 Å². The fourth-order valence-electron chi connectivity index (χ4n) is 1.93. The highest BCUT2D eigenvalue weighted by molar-refractivity contribution is 5.34. The summed E-state index contributed by atoms with van der Waals surface area (Å²) in [5.41, 5.74) is 1.69. The number of nitriles is 1. The summed E-state index contributed by atoms with van der Waals surface area (Å²) in [6.45, 7) is 2.07. The van der Waals surface area contributed by atoms with Crippen LogP contribution in [0.15, 0.2) is 48.5 Å². The van der Waals surface area contributed by atoms with E-state index in [1.807, 2.05) is 7.05 Å². The van der Waals surface area contributed by atoms with E-state index < -0.39 is 0 Å². The Kier molecular flexibility index (Phi) is 5.30. The number of rotatable bonds is 6. The summed E-state index contributed by atoms with van der Waals surface area (Å²) in [6.07, 6.45) is 0. The summed E-state index contributed by atoms with van der Waals surface area (Å²) in [5, 5.41) is 8.71. The van der Waals surface area contributed by atoms with Crippen LogP contribution in [0.2, 0.25) is 0 Å². The first-order chi connectivity index (χ1) is 10.2. The second kappa shape index (κ2) is 7.41. The molecule has 3 nitrogen and oxygen atoms in total. The van der Waals surface area contributed by atoms with Crippen molar-refractivity contribution in [3.8, 4) is 11.8 Å². The number of likely N-dealkylation sites (N-methyl/N-ethyl adjacent to an activating group) is 1. The molecular formula is C17H17FN2O. The van der Waals surface area contributed by atoms with E-state index in [9.17, 15) is 4.39 Å². The summed E-state index contributed by atoms with van der Waals surface area (Å²) in [7, 11) is 1.99. The maximum atomic E-state index is 12.8. The molecule has 0 aliphatic heterocycles. The number of ether oxygens (including phenoxy) is 1. The van der Waals surface area contributed by atoms with Gasteiger partial charge in [-0.25, -0.2) is 4.39 Å². The molecule has 0 saturated heterocycles. The molecule has 2 rings (SSSR count). The van der Waals surface area contributed by atoms with E-state index in [0.717, 1.165) is 24.4 Å². The van der Waals surface area contributed by atoms with Gasteiger partial charge in [0.15, 0.2) is 0 Å². The lowest BCUT2D eigenvalue weighted by Crippen LogP contribution is -2.23. The van der Waals surface area contributed by atoms with Crippen molar-refractivity contribution < 1.29 is 9.13 Å². The molecule has 0 saturated carbocycles. The van der Waals surface area contributed by atoms with E-state index in [-0.39, 0.29) is 5.82 Å². The first-order valence-corrected chi connectivity index (χ1v) is 6.73. The van der Waals surface area contributed by atoms with E-state index in [1.165, 1.54) is 12.1 Å². The topological polar surface area (TPSA) is 36.3 Å². The van der Waals surface area contributed by atoms with Crippen molar-refractivity contribution in [3.05, 3.63) is 65.5 Å². The highest BCUT2D eigenvalue weighted by Crippen LogP contribution is 2.11. The molecule has 0 radical (unpaired) electrons. The Hall–Kier alpha value is -2.38. The molecule has 0 amide bonds. The highest BCUT2D eigenvalue weighted by Gasteiger charge is 2.02. The molecule has 0 heterocycles. The Bertz CT molecular complexity index is 602. The fourth-order valence-corrected chi connectivity index (χ4v) is 1.93. The van der Waals surface area contributed by atoms with Crippen LogP contribution in [0.5, 0.6) is 5.75 Å². The van der Waals surface area contributed by atoms with Gasteiger partial charge in [0, 0.05) is 13.1 Å².